The number of nitrogens with one attached hydrogen (secondary N) is 2. The summed E-state index contributed by atoms with van der Waals surface area (Å²) >= 11 is 0. The number of carbonyl (C=O) groups excluding carboxylic acids is 1. The molecule has 2 N–H and O–H groups in total. The largest absolute Gasteiger partial charge is 0.465 e. The van der Waals surface area contributed by atoms with Crippen LogP contribution in [-0.2, 0) is 23.9 Å². The van der Waals surface area contributed by atoms with E-state index >= 15 is 0 Å². The maximum atomic E-state index is 12.0. The molecule has 0 bridgehead atoms. The van der Waals surface area contributed by atoms with E-state index in [2.05, 4.69) is 10.8 Å². The summed E-state index contributed by atoms with van der Waals surface area (Å²) in [6, 6.07) is 6.39. The van der Waals surface area contributed by atoms with E-state index in [1.165, 1.54) is 12.1 Å². The fourth-order valence-corrected chi connectivity index (χ4v) is 2.81. The van der Waals surface area contributed by atoms with Crippen LogP contribution < -0.4 is 10.8 Å². The van der Waals surface area contributed by atoms with Gasteiger partial charge in [-0.15, -0.1) is 0 Å². The van der Waals surface area contributed by atoms with Crippen LogP contribution in [0.5, 0.6) is 0 Å². The summed E-state index contributed by atoms with van der Waals surface area (Å²) in [6.07, 6.45) is 0. The van der Waals surface area contributed by atoms with Crippen LogP contribution in [0.25, 0.3) is 0 Å². The molecule has 0 fully saturated rings. The van der Waals surface area contributed by atoms with E-state index in [4.69, 9.17) is 9.02 Å². The van der Waals surface area contributed by atoms with Crippen LogP contribution in [0.15, 0.2) is 29.2 Å². The highest BCUT2D eigenvalue weighted by atomic mass is 32.2. The Morgan fingerprint density at radius 3 is 2.40 bits per heavy atom. The van der Waals surface area contributed by atoms with E-state index in [0.717, 1.165) is 5.56 Å². The number of hydrogen-bond acceptors (Lipinski definition) is 8. The minimum atomic E-state index is -3.86. The Morgan fingerprint density at radius 1 is 1.16 bits per heavy atom. The maximum Gasteiger partial charge on any atom is 0.320 e. The highest BCUT2D eigenvalue weighted by molar-refractivity contribution is 7.86. The average Bonchev–Trinajstić information content (AvgIpc) is 2.57. The maximum absolute atomic E-state index is 12.0. The van der Waals surface area contributed by atoms with Crippen molar-refractivity contribution in [3.63, 3.8) is 0 Å². The molecule has 0 amide bonds. The normalized spacial score (nSPS) is 11.7. The monoisotopic (exact) mass is 373 g/mol. The van der Waals surface area contributed by atoms with Crippen molar-refractivity contribution in [2.45, 2.75) is 18.7 Å². The van der Waals surface area contributed by atoms with E-state index in [-0.39, 0.29) is 24.0 Å². The molecular formula is C16H27N3O5S. The van der Waals surface area contributed by atoms with Gasteiger partial charge < -0.3 is 10.1 Å². The Labute approximate surface area is 149 Å². The number of likely N-dealkylation sites (N-methyl/N-ethyl adjacent to an activating group) is 1. The van der Waals surface area contributed by atoms with Gasteiger partial charge in [-0.1, -0.05) is 17.7 Å². The summed E-state index contributed by atoms with van der Waals surface area (Å²) in [4.78, 5) is 13.5. The Bertz CT molecular complexity index is 619. The van der Waals surface area contributed by atoms with Crippen molar-refractivity contribution in [3.05, 3.63) is 29.8 Å². The van der Waals surface area contributed by atoms with E-state index < -0.39 is 10.1 Å². The molecule has 1 aromatic carbocycles. The highest BCUT2D eigenvalue weighted by Crippen LogP contribution is 2.11. The molecule has 0 spiro atoms. The smallest absolute Gasteiger partial charge is 0.320 e. The van der Waals surface area contributed by atoms with Gasteiger partial charge in [0, 0.05) is 26.2 Å². The van der Waals surface area contributed by atoms with Crippen LogP contribution in [0.4, 0.5) is 0 Å². The van der Waals surface area contributed by atoms with Crippen molar-refractivity contribution in [3.8, 4) is 0 Å². The van der Waals surface area contributed by atoms with Crippen LogP contribution in [0.2, 0.25) is 0 Å². The van der Waals surface area contributed by atoms with Crippen molar-refractivity contribution in [1.82, 2.24) is 15.7 Å². The van der Waals surface area contributed by atoms with Crippen LogP contribution in [0.3, 0.4) is 0 Å². The molecule has 0 aromatic heterocycles. The fraction of sp³-hybridized carbons (Fsp3) is 0.562. The van der Waals surface area contributed by atoms with Gasteiger partial charge in [0.25, 0.3) is 0 Å². The molecule has 8 nitrogen and oxygen atoms in total. The summed E-state index contributed by atoms with van der Waals surface area (Å²) < 4.78 is 33.8. The first-order valence-electron chi connectivity index (χ1n) is 8.14. The number of ether oxygens (including phenoxy) is 1. The molecule has 1 aromatic rings. The lowest BCUT2D eigenvalue weighted by atomic mass is 10.2. The third kappa shape index (κ3) is 8.41. The van der Waals surface area contributed by atoms with Gasteiger partial charge >= 0.3 is 16.1 Å². The lowest BCUT2D eigenvalue weighted by molar-refractivity contribution is -0.144. The van der Waals surface area contributed by atoms with Crippen LogP contribution in [-0.4, -0.2) is 65.7 Å². The lowest BCUT2D eigenvalue weighted by Gasteiger charge is -2.21. The quantitative estimate of drug-likeness (QED) is 0.307. The van der Waals surface area contributed by atoms with E-state index in [0.29, 0.717) is 26.2 Å². The third-order valence-electron chi connectivity index (χ3n) is 3.34. The molecule has 0 unspecified atom stereocenters. The van der Waals surface area contributed by atoms with Gasteiger partial charge in [-0.3, -0.25) is 9.69 Å². The second-order valence-corrected chi connectivity index (χ2v) is 6.98. The van der Waals surface area contributed by atoms with Gasteiger partial charge in [-0.2, -0.15) is 18.2 Å². The van der Waals surface area contributed by atoms with Gasteiger partial charge in [0.2, 0.25) is 0 Å². The zero-order chi connectivity index (χ0) is 18.7. The number of rotatable bonds is 12. The van der Waals surface area contributed by atoms with E-state index in [1.807, 2.05) is 18.9 Å². The topological polar surface area (TPSA) is 97.0 Å². The molecule has 0 aliphatic rings. The van der Waals surface area contributed by atoms with Crippen LogP contribution in [0.1, 0.15) is 12.5 Å². The second kappa shape index (κ2) is 11.2. The number of benzene rings is 1. The van der Waals surface area contributed by atoms with Crippen molar-refractivity contribution < 1.29 is 22.2 Å². The summed E-state index contributed by atoms with van der Waals surface area (Å²) in [6.45, 7) is 6.10. The number of esters is 1. The first kappa shape index (κ1) is 21.5. The van der Waals surface area contributed by atoms with Gasteiger partial charge in [-0.05, 0) is 33.0 Å². The number of nitrogens with zero attached hydrogens (tertiary/aromatic N) is 1. The molecule has 0 aliphatic heterocycles. The molecule has 0 saturated carbocycles. The first-order chi connectivity index (χ1) is 11.9. The second-order valence-electron chi connectivity index (χ2n) is 5.43. The first-order valence-corrected chi connectivity index (χ1v) is 9.55. The zero-order valence-electron chi connectivity index (χ0n) is 14.9. The van der Waals surface area contributed by atoms with Gasteiger partial charge in [-0.25, -0.2) is 0 Å². The predicted octanol–water partition coefficient (Wildman–Crippen LogP) is 0.289. The molecule has 0 heterocycles. The third-order valence-corrected chi connectivity index (χ3v) is 4.53. The summed E-state index contributed by atoms with van der Waals surface area (Å²) in [7, 11) is -2.04. The summed E-state index contributed by atoms with van der Waals surface area (Å²) in [5, 5.41) is 3.00. The number of hydroxylamine groups is 1. The average molecular weight is 373 g/mol. The van der Waals surface area contributed by atoms with Crippen molar-refractivity contribution in [2.24, 2.45) is 0 Å². The molecule has 0 aliphatic carbocycles. The molecular weight excluding hydrogens is 346 g/mol. The molecule has 9 heteroatoms. The highest BCUT2D eigenvalue weighted by Gasteiger charge is 2.16. The molecule has 0 saturated heterocycles. The summed E-state index contributed by atoms with van der Waals surface area (Å²) in [5.41, 5.74) is 3.41. The zero-order valence-corrected chi connectivity index (χ0v) is 15.8. The van der Waals surface area contributed by atoms with Crippen LogP contribution in [0, 0.1) is 6.92 Å². The Hall–Kier alpha value is -1.52. The van der Waals surface area contributed by atoms with E-state index in [9.17, 15) is 13.2 Å². The number of aryl methyl sites for hydroxylation is 1. The molecule has 0 radical (unpaired) electrons. The van der Waals surface area contributed by atoms with Crippen LogP contribution >= 0.6 is 0 Å². The molecule has 25 heavy (non-hydrogen) atoms. The molecule has 0 atom stereocenters. The fourth-order valence-electron chi connectivity index (χ4n) is 2.01. The predicted molar refractivity (Wildman–Crippen MR) is 94.5 cm³/mol. The Kier molecular flexibility index (Phi) is 9.61. The van der Waals surface area contributed by atoms with Gasteiger partial charge in [0.15, 0.2) is 0 Å². The minimum Gasteiger partial charge on any atom is -0.465 e. The van der Waals surface area contributed by atoms with Crippen molar-refractivity contribution in [1.29, 1.82) is 0 Å². The van der Waals surface area contributed by atoms with Crippen molar-refractivity contribution in [2.75, 3.05) is 46.4 Å². The van der Waals surface area contributed by atoms with E-state index in [1.54, 1.807) is 19.1 Å². The standard InChI is InChI=1S/C16H27N3O5S/c1-4-23-16(20)13-19(11-9-17-3)12-10-18-24-25(21,22)15-7-5-14(2)6-8-15/h5-8,17-18H,4,9-13H2,1-3H3. The SMILES string of the molecule is CCOC(=O)CN(CCNC)CCNOS(=O)(=O)c1ccc(C)cc1. The number of carbonyl (C=O) groups is 1. The Morgan fingerprint density at radius 2 is 1.80 bits per heavy atom. The molecule has 142 valence electrons. The van der Waals surface area contributed by atoms with Gasteiger partial charge in [0.05, 0.1) is 18.0 Å². The Balaban J connectivity index is 2.46. The van der Waals surface area contributed by atoms with Gasteiger partial charge in [0.1, 0.15) is 0 Å². The van der Waals surface area contributed by atoms with Crippen molar-refractivity contribution >= 4 is 16.1 Å². The number of hydrogen-bond donors (Lipinski definition) is 2. The summed E-state index contributed by atoms with van der Waals surface area (Å²) in [5.74, 6) is -0.313. The minimum absolute atomic E-state index is 0.0872. The molecule has 1 rings (SSSR count). The lowest BCUT2D eigenvalue weighted by Crippen LogP contribution is -2.40.